The highest BCUT2D eigenvalue weighted by atomic mass is 16.2. The number of amides is 2. The molecule has 1 heterocycles. The van der Waals surface area contributed by atoms with Crippen molar-refractivity contribution in [3.63, 3.8) is 0 Å². The molecule has 1 fully saturated rings. The second kappa shape index (κ2) is 5.51. The molecule has 0 radical (unpaired) electrons. The summed E-state index contributed by atoms with van der Waals surface area (Å²) in [5.41, 5.74) is 2.70. The average molecular weight is 286 g/mol. The standard InChI is InChI=1S/C17H22N2O2/c1-3-14-17(21)19(15(4-2)16(20)18-14)10-12-9-11-7-5-6-8-13(11)12/h5-8,12,14-15H,3-4,9-10H2,1-2H3,(H,18,20). The first-order chi connectivity index (χ1) is 10.2. The van der Waals surface area contributed by atoms with E-state index < -0.39 is 0 Å². The quantitative estimate of drug-likeness (QED) is 0.918. The molecule has 4 heteroatoms. The van der Waals surface area contributed by atoms with Crippen LogP contribution in [0.3, 0.4) is 0 Å². The number of carbonyl (C=O) groups is 2. The second-order valence-electron chi connectivity index (χ2n) is 5.98. The molecule has 1 aliphatic carbocycles. The third-order valence-corrected chi connectivity index (χ3v) is 4.75. The number of nitrogens with zero attached hydrogens (tertiary/aromatic N) is 1. The van der Waals surface area contributed by atoms with E-state index in [1.165, 1.54) is 11.1 Å². The monoisotopic (exact) mass is 286 g/mol. The van der Waals surface area contributed by atoms with E-state index in [0.29, 0.717) is 25.3 Å². The number of benzene rings is 1. The molecule has 3 rings (SSSR count). The van der Waals surface area contributed by atoms with Crippen LogP contribution in [-0.2, 0) is 16.0 Å². The van der Waals surface area contributed by atoms with Crippen LogP contribution in [0.4, 0.5) is 0 Å². The van der Waals surface area contributed by atoms with Crippen LogP contribution in [-0.4, -0.2) is 35.3 Å². The molecule has 0 aromatic heterocycles. The van der Waals surface area contributed by atoms with Crippen molar-refractivity contribution in [1.82, 2.24) is 10.2 Å². The third-order valence-electron chi connectivity index (χ3n) is 4.75. The minimum absolute atomic E-state index is 0.00319. The summed E-state index contributed by atoms with van der Waals surface area (Å²) in [7, 11) is 0. The largest absolute Gasteiger partial charge is 0.343 e. The predicted molar refractivity (Wildman–Crippen MR) is 80.9 cm³/mol. The van der Waals surface area contributed by atoms with Crippen molar-refractivity contribution in [2.24, 2.45) is 0 Å². The van der Waals surface area contributed by atoms with Crippen LogP contribution in [0.1, 0.15) is 43.7 Å². The van der Waals surface area contributed by atoms with E-state index in [-0.39, 0.29) is 23.9 Å². The Kier molecular flexibility index (Phi) is 3.70. The molecule has 2 amide bonds. The van der Waals surface area contributed by atoms with Crippen molar-refractivity contribution < 1.29 is 9.59 Å². The minimum atomic E-state index is -0.351. The van der Waals surface area contributed by atoms with Crippen molar-refractivity contribution in [2.75, 3.05) is 6.54 Å². The summed E-state index contributed by atoms with van der Waals surface area (Å²) in [6.07, 6.45) is 2.33. The van der Waals surface area contributed by atoms with Gasteiger partial charge in [0.2, 0.25) is 11.8 Å². The first kappa shape index (κ1) is 14.1. The smallest absolute Gasteiger partial charge is 0.245 e. The van der Waals surface area contributed by atoms with Gasteiger partial charge in [0, 0.05) is 12.5 Å². The Bertz CT molecular complexity index is 570. The minimum Gasteiger partial charge on any atom is -0.343 e. The number of hydrogen-bond acceptors (Lipinski definition) is 2. The van der Waals surface area contributed by atoms with Gasteiger partial charge in [-0.25, -0.2) is 0 Å². The third kappa shape index (κ3) is 2.33. The zero-order chi connectivity index (χ0) is 15.0. The number of nitrogens with one attached hydrogen (secondary N) is 1. The molecule has 1 aromatic rings. The normalized spacial score (nSPS) is 27.9. The van der Waals surface area contributed by atoms with Crippen LogP contribution < -0.4 is 5.32 Å². The molecular weight excluding hydrogens is 264 g/mol. The van der Waals surface area contributed by atoms with Gasteiger partial charge in [0.05, 0.1) is 0 Å². The topological polar surface area (TPSA) is 49.4 Å². The van der Waals surface area contributed by atoms with Crippen LogP contribution in [0, 0.1) is 0 Å². The lowest BCUT2D eigenvalue weighted by atomic mass is 9.77. The van der Waals surface area contributed by atoms with Crippen molar-refractivity contribution in [1.29, 1.82) is 0 Å². The van der Waals surface area contributed by atoms with Crippen molar-refractivity contribution in [3.8, 4) is 0 Å². The van der Waals surface area contributed by atoms with Crippen LogP contribution in [0.5, 0.6) is 0 Å². The zero-order valence-corrected chi connectivity index (χ0v) is 12.6. The molecular formula is C17H22N2O2. The molecule has 0 bridgehead atoms. The SMILES string of the molecule is CCC1NC(=O)C(CC)N(CC2Cc3ccccc32)C1=O. The second-order valence-corrected chi connectivity index (χ2v) is 5.98. The van der Waals surface area contributed by atoms with Crippen LogP contribution in [0.15, 0.2) is 24.3 Å². The maximum absolute atomic E-state index is 12.6. The van der Waals surface area contributed by atoms with Crippen LogP contribution >= 0.6 is 0 Å². The van der Waals surface area contributed by atoms with Crippen LogP contribution in [0.25, 0.3) is 0 Å². The Morgan fingerprint density at radius 2 is 1.95 bits per heavy atom. The van der Waals surface area contributed by atoms with Gasteiger partial charge in [-0.2, -0.15) is 0 Å². The maximum atomic E-state index is 12.6. The highest BCUT2D eigenvalue weighted by Crippen LogP contribution is 2.36. The zero-order valence-electron chi connectivity index (χ0n) is 12.6. The van der Waals surface area contributed by atoms with Gasteiger partial charge in [-0.3, -0.25) is 9.59 Å². The molecule has 4 nitrogen and oxygen atoms in total. The molecule has 1 N–H and O–H groups in total. The van der Waals surface area contributed by atoms with Gasteiger partial charge >= 0.3 is 0 Å². The number of fused-ring (bicyclic) bond motifs is 1. The maximum Gasteiger partial charge on any atom is 0.245 e. The summed E-state index contributed by atoms with van der Waals surface area (Å²) in [5, 5.41) is 2.85. The van der Waals surface area contributed by atoms with Gasteiger partial charge in [0.15, 0.2) is 0 Å². The summed E-state index contributed by atoms with van der Waals surface area (Å²) >= 11 is 0. The Labute approximate surface area is 125 Å². The Morgan fingerprint density at radius 1 is 1.19 bits per heavy atom. The number of carbonyl (C=O) groups excluding carboxylic acids is 2. The fourth-order valence-corrected chi connectivity index (χ4v) is 3.49. The molecule has 0 saturated carbocycles. The van der Waals surface area contributed by atoms with E-state index in [1.807, 2.05) is 24.8 Å². The van der Waals surface area contributed by atoms with E-state index >= 15 is 0 Å². The van der Waals surface area contributed by atoms with Crippen molar-refractivity contribution >= 4 is 11.8 Å². The van der Waals surface area contributed by atoms with Gasteiger partial charge < -0.3 is 10.2 Å². The van der Waals surface area contributed by atoms with Crippen molar-refractivity contribution in [3.05, 3.63) is 35.4 Å². The fraction of sp³-hybridized carbons (Fsp3) is 0.529. The Balaban J connectivity index is 1.79. The molecule has 3 unspecified atom stereocenters. The fourth-order valence-electron chi connectivity index (χ4n) is 3.49. The van der Waals surface area contributed by atoms with E-state index in [4.69, 9.17) is 0 Å². The van der Waals surface area contributed by atoms with Crippen molar-refractivity contribution in [2.45, 2.75) is 51.1 Å². The van der Waals surface area contributed by atoms with Gasteiger partial charge in [0.1, 0.15) is 12.1 Å². The molecule has 2 aliphatic rings. The predicted octanol–water partition coefficient (Wildman–Crippen LogP) is 1.84. The van der Waals surface area contributed by atoms with Gasteiger partial charge in [-0.15, -0.1) is 0 Å². The Hall–Kier alpha value is -1.84. The van der Waals surface area contributed by atoms with E-state index in [9.17, 15) is 9.59 Å². The summed E-state index contributed by atoms with van der Waals surface area (Å²) < 4.78 is 0. The number of hydrogen-bond donors (Lipinski definition) is 1. The average Bonchev–Trinajstić information content (AvgIpc) is 2.47. The summed E-state index contributed by atoms with van der Waals surface area (Å²) in [6.45, 7) is 4.57. The highest BCUT2D eigenvalue weighted by molar-refractivity contribution is 5.97. The molecule has 1 aliphatic heterocycles. The van der Waals surface area contributed by atoms with E-state index in [0.717, 1.165) is 6.42 Å². The molecule has 3 atom stereocenters. The molecule has 1 saturated heterocycles. The Morgan fingerprint density at radius 3 is 2.62 bits per heavy atom. The first-order valence-corrected chi connectivity index (χ1v) is 7.84. The molecule has 0 spiro atoms. The van der Waals surface area contributed by atoms with Gasteiger partial charge in [-0.05, 0) is 30.4 Å². The molecule has 21 heavy (non-hydrogen) atoms. The van der Waals surface area contributed by atoms with Gasteiger partial charge in [0.25, 0.3) is 0 Å². The first-order valence-electron chi connectivity index (χ1n) is 7.84. The lowest BCUT2D eigenvalue weighted by Gasteiger charge is -2.42. The summed E-state index contributed by atoms with van der Waals surface area (Å²) in [6, 6.07) is 7.71. The van der Waals surface area contributed by atoms with Crippen LogP contribution in [0.2, 0.25) is 0 Å². The number of piperazine rings is 1. The van der Waals surface area contributed by atoms with Gasteiger partial charge in [-0.1, -0.05) is 38.1 Å². The van der Waals surface area contributed by atoms with E-state index in [2.05, 4.69) is 23.5 Å². The lowest BCUT2D eigenvalue weighted by molar-refractivity contribution is -0.150. The van der Waals surface area contributed by atoms with E-state index in [1.54, 1.807) is 0 Å². The lowest BCUT2D eigenvalue weighted by Crippen LogP contribution is -2.63. The molecule has 112 valence electrons. The molecule has 1 aromatic carbocycles. The number of rotatable bonds is 4. The summed E-state index contributed by atoms with van der Waals surface area (Å²) in [5.74, 6) is 0.451. The summed E-state index contributed by atoms with van der Waals surface area (Å²) in [4.78, 5) is 26.6. The highest BCUT2D eigenvalue weighted by Gasteiger charge is 2.41.